The van der Waals surface area contributed by atoms with E-state index in [-0.39, 0.29) is 5.54 Å². The molecule has 0 bridgehead atoms. The first kappa shape index (κ1) is 14.4. The van der Waals surface area contributed by atoms with Crippen LogP contribution in [0.1, 0.15) is 37.6 Å². The van der Waals surface area contributed by atoms with Crippen molar-refractivity contribution in [2.75, 3.05) is 13.1 Å². The van der Waals surface area contributed by atoms with Crippen molar-refractivity contribution >= 4 is 0 Å². The summed E-state index contributed by atoms with van der Waals surface area (Å²) in [7, 11) is 0. The monoisotopic (exact) mass is 284 g/mol. The molecule has 2 atom stereocenters. The Labute approximate surface area is 127 Å². The highest BCUT2D eigenvalue weighted by atomic mass is 16.3. The Morgan fingerprint density at radius 1 is 1.24 bits per heavy atom. The van der Waals surface area contributed by atoms with Crippen molar-refractivity contribution in [3.05, 3.63) is 60.1 Å². The van der Waals surface area contributed by atoms with Crippen LogP contribution >= 0.6 is 0 Å². The lowest BCUT2D eigenvalue weighted by molar-refractivity contribution is 0.0712. The van der Waals surface area contributed by atoms with Gasteiger partial charge >= 0.3 is 0 Å². The van der Waals surface area contributed by atoms with Crippen LogP contribution in [0.2, 0.25) is 0 Å². The van der Waals surface area contributed by atoms with Gasteiger partial charge in [-0.05, 0) is 31.0 Å². The fourth-order valence-corrected chi connectivity index (χ4v) is 3.10. The molecule has 0 amide bonds. The molecule has 1 N–H and O–H groups in total. The number of piperazine rings is 1. The van der Waals surface area contributed by atoms with E-state index in [0.717, 1.165) is 31.8 Å². The second-order valence-corrected chi connectivity index (χ2v) is 6.21. The van der Waals surface area contributed by atoms with E-state index in [2.05, 4.69) is 60.5 Å². The number of rotatable bonds is 4. The maximum absolute atomic E-state index is 5.56. The molecule has 1 aliphatic rings. The Balaban J connectivity index is 1.84. The third-order valence-corrected chi connectivity index (χ3v) is 4.62. The molecule has 2 unspecified atom stereocenters. The molecule has 0 saturated carbocycles. The first-order valence-electron chi connectivity index (χ1n) is 7.76. The minimum atomic E-state index is 0.178. The quantitative estimate of drug-likeness (QED) is 0.930. The summed E-state index contributed by atoms with van der Waals surface area (Å²) in [5, 5.41) is 3.73. The topological polar surface area (TPSA) is 28.4 Å². The van der Waals surface area contributed by atoms with Crippen LogP contribution in [0, 0.1) is 0 Å². The van der Waals surface area contributed by atoms with Gasteiger partial charge in [0.1, 0.15) is 5.76 Å². The Morgan fingerprint density at radius 2 is 2.05 bits per heavy atom. The van der Waals surface area contributed by atoms with Gasteiger partial charge in [0.05, 0.1) is 12.8 Å². The minimum Gasteiger partial charge on any atom is -0.468 e. The fourth-order valence-electron chi connectivity index (χ4n) is 3.10. The molecule has 1 fully saturated rings. The van der Waals surface area contributed by atoms with Crippen molar-refractivity contribution in [2.45, 2.75) is 38.4 Å². The largest absolute Gasteiger partial charge is 0.468 e. The van der Waals surface area contributed by atoms with Gasteiger partial charge < -0.3 is 9.73 Å². The van der Waals surface area contributed by atoms with Crippen LogP contribution in [0.3, 0.4) is 0 Å². The molecule has 1 aromatic carbocycles. The van der Waals surface area contributed by atoms with Gasteiger partial charge in [0.2, 0.25) is 0 Å². The first-order chi connectivity index (χ1) is 10.2. The summed E-state index contributed by atoms with van der Waals surface area (Å²) >= 11 is 0. The minimum absolute atomic E-state index is 0.178. The van der Waals surface area contributed by atoms with E-state index in [4.69, 9.17) is 4.42 Å². The Hall–Kier alpha value is -1.58. The number of benzene rings is 1. The summed E-state index contributed by atoms with van der Waals surface area (Å²) in [5.41, 5.74) is 1.55. The lowest BCUT2D eigenvalue weighted by Crippen LogP contribution is -2.59. The molecule has 1 aliphatic heterocycles. The summed E-state index contributed by atoms with van der Waals surface area (Å²) in [6.45, 7) is 7.44. The van der Waals surface area contributed by atoms with Crippen molar-refractivity contribution in [3.63, 3.8) is 0 Å². The van der Waals surface area contributed by atoms with E-state index in [1.54, 1.807) is 6.26 Å². The van der Waals surface area contributed by atoms with Gasteiger partial charge in [-0.25, -0.2) is 0 Å². The molecule has 21 heavy (non-hydrogen) atoms. The van der Waals surface area contributed by atoms with Crippen LogP contribution in [0.5, 0.6) is 0 Å². The van der Waals surface area contributed by atoms with E-state index in [1.807, 2.05) is 6.07 Å². The summed E-state index contributed by atoms with van der Waals surface area (Å²) in [5.74, 6) is 1.04. The maximum atomic E-state index is 5.56. The highest BCUT2D eigenvalue weighted by Crippen LogP contribution is 2.29. The molecule has 2 aromatic rings. The van der Waals surface area contributed by atoms with Crippen molar-refractivity contribution < 1.29 is 4.42 Å². The summed E-state index contributed by atoms with van der Waals surface area (Å²) in [6, 6.07) is 15.2. The van der Waals surface area contributed by atoms with E-state index in [9.17, 15) is 0 Å². The van der Waals surface area contributed by atoms with Crippen LogP contribution in [0.25, 0.3) is 0 Å². The van der Waals surface area contributed by atoms with E-state index < -0.39 is 0 Å². The molecule has 0 spiro atoms. The Kier molecular flexibility index (Phi) is 4.13. The van der Waals surface area contributed by atoms with Gasteiger partial charge in [-0.2, -0.15) is 0 Å². The summed E-state index contributed by atoms with van der Waals surface area (Å²) in [4.78, 5) is 2.54. The SMILES string of the molecule is CCC1(C)CN(Cc2ccco2)C(c2ccccc2)CN1. The molecule has 0 aliphatic carbocycles. The van der Waals surface area contributed by atoms with E-state index in [1.165, 1.54) is 5.56 Å². The van der Waals surface area contributed by atoms with Crippen molar-refractivity contribution in [1.29, 1.82) is 0 Å². The number of furan rings is 1. The van der Waals surface area contributed by atoms with Gasteiger partial charge in [-0.1, -0.05) is 37.3 Å². The molecular formula is C18H24N2O. The number of hydrogen-bond acceptors (Lipinski definition) is 3. The zero-order valence-corrected chi connectivity index (χ0v) is 12.9. The van der Waals surface area contributed by atoms with Gasteiger partial charge in [0.15, 0.2) is 0 Å². The summed E-state index contributed by atoms with van der Waals surface area (Å²) in [6.07, 6.45) is 2.89. The Morgan fingerprint density at radius 3 is 2.71 bits per heavy atom. The van der Waals surface area contributed by atoms with Gasteiger partial charge in [-0.15, -0.1) is 0 Å². The van der Waals surface area contributed by atoms with E-state index in [0.29, 0.717) is 6.04 Å². The predicted octanol–water partition coefficient (Wildman–Crippen LogP) is 3.59. The van der Waals surface area contributed by atoms with Crippen LogP contribution in [-0.4, -0.2) is 23.5 Å². The molecular weight excluding hydrogens is 260 g/mol. The summed E-state index contributed by atoms with van der Waals surface area (Å²) < 4.78 is 5.56. The smallest absolute Gasteiger partial charge is 0.117 e. The number of nitrogens with one attached hydrogen (secondary N) is 1. The third-order valence-electron chi connectivity index (χ3n) is 4.62. The lowest BCUT2D eigenvalue weighted by Gasteiger charge is -2.46. The molecule has 3 rings (SSSR count). The first-order valence-corrected chi connectivity index (χ1v) is 7.76. The van der Waals surface area contributed by atoms with Crippen molar-refractivity contribution in [1.82, 2.24) is 10.2 Å². The highest BCUT2D eigenvalue weighted by Gasteiger charge is 2.35. The molecule has 2 heterocycles. The van der Waals surface area contributed by atoms with Crippen molar-refractivity contribution in [3.8, 4) is 0 Å². The zero-order valence-electron chi connectivity index (χ0n) is 12.9. The Bertz CT molecular complexity index is 552. The second-order valence-electron chi connectivity index (χ2n) is 6.21. The molecule has 112 valence electrons. The van der Waals surface area contributed by atoms with Gasteiger partial charge in [-0.3, -0.25) is 4.90 Å². The average Bonchev–Trinajstić information content (AvgIpc) is 3.01. The number of hydrogen-bond donors (Lipinski definition) is 1. The molecule has 0 radical (unpaired) electrons. The standard InChI is InChI=1S/C18H24N2O/c1-3-18(2)14-20(13-16-10-7-11-21-16)17(12-19-18)15-8-5-4-6-9-15/h4-11,17,19H,3,12-14H2,1-2H3. The van der Waals surface area contributed by atoms with Crippen LogP contribution < -0.4 is 5.32 Å². The van der Waals surface area contributed by atoms with Gasteiger partial charge in [0.25, 0.3) is 0 Å². The second kappa shape index (κ2) is 6.04. The third kappa shape index (κ3) is 3.20. The van der Waals surface area contributed by atoms with Crippen LogP contribution in [0.15, 0.2) is 53.1 Å². The van der Waals surface area contributed by atoms with E-state index >= 15 is 0 Å². The molecule has 3 heteroatoms. The normalized spacial score (nSPS) is 26.9. The van der Waals surface area contributed by atoms with Gasteiger partial charge in [0, 0.05) is 24.7 Å². The molecule has 1 saturated heterocycles. The average molecular weight is 284 g/mol. The maximum Gasteiger partial charge on any atom is 0.117 e. The van der Waals surface area contributed by atoms with Crippen LogP contribution in [-0.2, 0) is 6.54 Å². The zero-order chi connectivity index (χ0) is 14.7. The van der Waals surface area contributed by atoms with Crippen molar-refractivity contribution in [2.24, 2.45) is 0 Å². The molecule has 1 aromatic heterocycles. The number of nitrogens with zero attached hydrogens (tertiary/aromatic N) is 1. The molecule has 3 nitrogen and oxygen atoms in total. The highest BCUT2D eigenvalue weighted by molar-refractivity contribution is 5.21. The lowest BCUT2D eigenvalue weighted by atomic mass is 9.91. The fraction of sp³-hybridized carbons (Fsp3) is 0.444. The van der Waals surface area contributed by atoms with Crippen LogP contribution in [0.4, 0.5) is 0 Å². The predicted molar refractivity (Wildman–Crippen MR) is 85.0 cm³/mol.